The zero-order chi connectivity index (χ0) is 15.6. The van der Waals surface area contributed by atoms with E-state index in [1.165, 1.54) is 16.8 Å². The van der Waals surface area contributed by atoms with Gasteiger partial charge in [0.05, 0.1) is 28.3 Å². The van der Waals surface area contributed by atoms with Gasteiger partial charge < -0.3 is 11.1 Å². The molecule has 4 nitrogen and oxygen atoms in total. The summed E-state index contributed by atoms with van der Waals surface area (Å²) < 4.78 is 40.6. The molecule has 7 heteroatoms. The molecule has 0 saturated heterocycles. The SMILES string of the molecule is Cc1nn(-c2ccccc2C(F)(F)F)c(C)c1NCCN. The number of rotatable bonds is 4. The molecule has 0 spiro atoms. The number of nitrogens with one attached hydrogen (secondary N) is 1. The van der Waals surface area contributed by atoms with E-state index in [0.29, 0.717) is 24.5 Å². The van der Waals surface area contributed by atoms with Crippen molar-refractivity contribution in [3.8, 4) is 5.69 Å². The van der Waals surface area contributed by atoms with Crippen molar-refractivity contribution in [3.63, 3.8) is 0 Å². The van der Waals surface area contributed by atoms with Crippen molar-refractivity contribution < 1.29 is 13.2 Å². The van der Waals surface area contributed by atoms with Gasteiger partial charge in [0.15, 0.2) is 0 Å². The summed E-state index contributed by atoms with van der Waals surface area (Å²) in [6, 6.07) is 5.40. The molecule has 0 aliphatic rings. The van der Waals surface area contributed by atoms with Gasteiger partial charge in [-0.15, -0.1) is 0 Å². The van der Waals surface area contributed by atoms with Crippen LogP contribution in [0.1, 0.15) is 17.0 Å². The molecule has 0 amide bonds. The second-order valence-electron chi connectivity index (χ2n) is 4.69. The topological polar surface area (TPSA) is 55.9 Å². The second kappa shape index (κ2) is 5.77. The van der Waals surface area contributed by atoms with Gasteiger partial charge in [0.25, 0.3) is 0 Å². The highest BCUT2D eigenvalue weighted by Gasteiger charge is 2.34. The molecule has 0 aliphatic carbocycles. The largest absolute Gasteiger partial charge is 0.418 e. The highest BCUT2D eigenvalue weighted by atomic mass is 19.4. The summed E-state index contributed by atoms with van der Waals surface area (Å²) in [5.74, 6) is 0. The highest BCUT2D eigenvalue weighted by Crippen LogP contribution is 2.35. The fraction of sp³-hybridized carbons (Fsp3) is 0.357. The summed E-state index contributed by atoms with van der Waals surface area (Å²) in [5, 5.41) is 7.31. The lowest BCUT2D eigenvalue weighted by atomic mass is 10.1. The Bertz CT molecular complexity index is 632. The number of hydrogen-bond acceptors (Lipinski definition) is 3. The molecule has 2 aromatic rings. The van der Waals surface area contributed by atoms with E-state index >= 15 is 0 Å². The molecule has 0 saturated carbocycles. The highest BCUT2D eigenvalue weighted by molar-refractivity contribution is 5.56. The number of hydrogen-bond donors (Lipinski definition) is 2. The molecular weight excluding hydrogens is 281 g/mol. The quantitative estimate of drug-likeness (QED) is 0.912. The van der Waals surface area contributed by atoms with E-state index in [-0.39, 0.29) is 5.69 Å². The van der Waals surface area contributed by atoms with Crippen molar-refractivity contribution in [1.29, 1.82) is 0 Å². The van der Waals surface area contributed by atoms with Gasteiger partial charge >= 0.3 is 6.18 Å². The minimum atomic E-state index is -4.42. The summed E-state index contributed by atoms with van der Waals surface area (Å²) in [6.45, 7) is 4.45. The number of halogens is 3. The number of alkyl halides is 3. The van der Waals surface area contributed by atoms with Crippen LogP contribution in [0.3, 0.4) is 0 Å². The Morgan fingerprint density at radius 3 is 2.52 bits per heavy atom. The third kappa shape index (κ3) is 3.02. The average Bonchev–Trinajstić information content (AvgIpc) is 2.71. The van der Waals surface area contributed by atoms with Crippen LogP contribution in [0.2, 0.25) is 0 Å². The monoisotopic (exact) mass is 298 g/mol. The van der Waals surface area contributed by atoms with Crippen LogP contribution in [0.25, 0.3) is 5.69 Å². The average molecular weight is 298 g/mol. The van der Waals surface area contributed by atoms with Crippen LogP contribution >= 0.6 is 0 Å². The number of aryl methyl sites for hydroxylation is 1. The third-order valence-electron chi connectivity index (χ3n) is 3.18. The zero-order valence-electron chi connectivity index (χ0n) is 11.8. The third-order valence-corrected chi connectivity index (χ3v) is 3.18. The van der Waals surface area contributed by atoms with Crippen LogP contribution in [-0.2, 0) is 6.18 Å². The van der Waals surface area contributed by atoms with E-state index < -0.39 is 11.7 Å². The molecule has 0 aliphatic heterocycles. The van der Waals surface area contributed by atoms with E-state index in [1.807, 2.05) is 0 Å². The number of aromatic nitrogens is 2. The lowest BCUT2D eigenvalue weighted by molar-refractivity contribution is -0.137. The first kappa shape index (κ1) is 15.4. The first-order chi connectivity index (χ1) is 9.86. The van der Waals surface area contributed by atoms with Crippen molar-refractivity contribution in [2.45, 2.75) is 20.0 Å². The van der Waals surface area contributed by atoms with Crippen LogP contribution < -0.4 is 11.1 Å². The molecule has 1 aromatic carbocycles. The molecule has 1 aromatic heterocycles. The van der Waals surface area contributed by atoms with E-state index in [4.69, 9.17) is 5.73 Å². The minimum absolute atomic E-state index is 0.0198. The Labute approximate surface area is 120 Å². The zero-order valence-corrected chi connectivity index (χ0v) is 11.8. The van der Waals surface area contributed by atoms with Gasteiger partial charge in [-0.1, -0.05) is 12.1 Å². The maximum absolute atomic E-state index is 13.1. The maximum atomic E-state index is 13.1. The number of para-hydroxylation sites is 1. The minimum Gasteiger partial charge on any atom is -0.381 e. The first-order valence-corrected chi connectivity index (χ1v) is 6.53. The van der Waals surface area contributed by atoms with Crippen molar-refractivity contribution in [2.24, 2.45) is 5.73 Å². The molecule has 3 N–H and O–H groups in total. The van der Waals surface area contributed by atoms with Crippen molar-refractivity contribution in [3.05, 3.63) is 41.2 Å². The summed E-state index contributed by atoms with van der Waals surface area (Å²) in [7, 11) is 0. The molecule has 21 heavy (non-hydrogen) atoms. The molecule has 1 heterocycles. The van der Waals surface area contributed by atoms with Gasteiger partial charge in [-0.25, -0.2) is 4.68 Å². The van der Waals surface area contributed by atoms with Crippen LogP contribution in [0, 0.1) is 13.8 Å². The van der Waals surface area contributed by atoms with Crippen LogP contribution in [0.5, 0.6) is 0 Å². The smallest absolute Gasteiger partial charge is 0.381 e. The molecule has 114 valence electrons. The number of benzene rings is 1. The summed E-state index contributed by atoms with van der Waals surface area (Å²) in [5.41, 5.74) is 6.73. The van der Waals surface area contributed by atoms with E-state index in [2.05, 4.69) is 10.4 Å². The predicted octanol–water partition coefficient (Wildman–Crippen LogP) is 2.88. The fourth-order valence-corrected chi connectivity index (χ4v) is 2.23. The predicted molar refractivity (Wildman–Crippen MR) is 75.6 cm³/mol. The fourth-order valence-electron chi connectivity index (χ4n) is 2.23. The van der Waals surface area contributed by atoms with E-state index in [9.17, 15) is 13.2 Å². The van der Waals surface area contributed by atoms with Gasteiger partial charge in [-0.2, -0.15) is 18.3 Å². The Balaban J connectivity index is 2.54. The molecule has 0 atom stereocenters. The Hall–Kier alpha value is -2.02. The van der Waals surface area contributed by atoms with Gasteiger partial charge in [0.1, 0.15) is 0 Å². The number of nitrogens with zero attached hydrogens (tertiary/aromatic N) is 2. The Kier molecular flexibility index (Phi) is 4.22. The van der Waals surface area contributed by atoms with Gasteiger partial charge in [-0.05, 0) is 26.0 Å². The molecule has 0 bridgehead atoms. The molecule has 0 unspecified atom stereocenters. The van der Waals surface area contributed by atoms with Crippen molar-refractivity contribution in [1.82, 2.24) is 9.78 Å². The standard InChI is InChI=1S/C14H17F3N4/c1-9-13(19-8-7-18)10(2)21(20-9)12-6-4-3-5-11(12)14(15,16)17/h3-6,19H,7-8,18H2,1-2H3. The first-order valence-electron chi connectivity index (χ1n) is 6.53. The molecule has 0 radical (unpaired) electrons. The van der Waals surface area contributed by atoms with Gasteiger partial charge in [-0.3, -0.25) is 0 Å². The maximum Gasteiger partial charge on any atom is 0.418 e. The molecule has 2 rings (SSSR count). The number of anilines is 1. The lowest BCUT2D eigenvalue weighted by Gasteiger charge is -2.14. The van der Waals surface area contributed by atoms with Gasteiger partial charge in [0.2, 0.25) is 0 Å². The van der Waals surface area contributed by atoms with E-state index in [0.717, 1.165) is 11.8 Å². The van der Waals surface area contributed by atoms with Crippen LogP contribution in [0.4, 0.5) is 18.9 Å². The normalized spacial score (nSPS) is 11.7. The van der Waals surface area contributed by atoms with Gasteiger partial charge in [0, 0.05) is 13.1 Å². The van der Waals surface area contributed by atoms with Crippen LogP contribution in [0.15, 0.2) is 24.3 Å². The van der Waals surface area contributed by atoms with E-state index in [1.54, 1.807) is 19.9 Å². The summed E-state index contributed by atoms with van der Waals surface area (Å²) in [4.78, 5) is 0. The Morgan fingerprint density at radius 1 is 1.24 bits per heavy atom. The molecular formula is C14H17F3N4. The van der Waals surface area contributed by atoms with Crippen LogP contribution in [-0.4, -0.2) is 22.9 Å². The van der Waals surface area contributed by atoms with Crippen molar-refractivity contribution >= 4 is 5.69 Å². The second-order valence-corrected chi connectivity index (χ2v) is 4.69. The molecule has 0 fully saturated rings. The summed E-state index contributed by atoms with van der Waals surface area (Å²) >= 11 is 0. The van der Waals surface area contributed by atoms with Crippen molar-refractivity contribution in [2.75, 3.05) is 18.4 Å². The Morgan fingerprint density at radius 2 is 1.90 bits per heavy atom. The lowest BCUT2D eigenvalue weighted by Crippen LogP contribution is -2.14. The summed E-state index contributed by atoms with van der Waals surface area (Å²) in [6.07, 6.45) is -4.42. The number of nitrogens with two attached hydrogens (primary N) is 1.